The fourth-order valence-electron chi connectivity index (χ4n) is 3.09. The molecule has 0 amide bonds. The number of hydrogen-bond acceptors (Lipinski definition) is 3. The van der Waals surface area contributed by atoms with Crippen LogP contribution in [0.4, 0.5) is 0 Å². The summed E-state index contributed by atoms with van der Waals surface area (Å²) in [7, 11) is 2.06. The van der Waals surface area contributed by atoms with Crippen LogP contribution in [0.25, 0.3) is 0 Å². The lowest BCUT2D eigenvalue weighted by molar-refractivity contribution is 0.00516. The molecule has 4 heteroatoms. The summed E-state index contributed by atoms with van der Waals surface area (Å²) in [6.07, 6.45) is 8.54. The minimum absolute atomic E-state index is 0.437. The van der Waals surface area contributed by atoms with E-state index in [2.05, 4.69) is 37.4 Å². The van der Waals surface area contributed by atoms with Gasteiger partial charge in [0.1, 0.15) is 0 Å². The topological polar surface area (TPSA) is 39.1 Å². The van der Waals surface area contributed by atoms with Gasteiger partial charge in [0.05, 0.1) is 11.8 Å². The molecule has 21 heavy (non-hydrogen) atoms. The van der Waals surface area contributed by atoms with E-state index in [1.165, 1.54) is 37.1 Å². The predicted octanol–water partition coefficient (Wildman–Crippen LogP) is 2.85. The van der Waals surface area contributed by atoms with Gasteiger partial charge in [0.15, 0.2) is 0 Å². The van der Waals surface area contributed by atoms with E-state index in [9.17, 15) is 0 Å². The van der Waals surface area contributed by atoms with Gasteiger partial charge in [-0.05, 0) is 51.1 Å². The van der Waals surface area contributed by atoms with E-state index in [0.29, 0.717) is 12.1 Å². The molecule has 1 aromatic rings. The molecule has 1 saturated heterocycles. The van der Waals surface area contributed by atoms with E-state index in [4.69, 9.17) is 4.74 Å². The van der Waals surface area contributed by atoms with Gasteiger partial charge in [0, 0.05) is 31.8 Å². The van der Waals surface area contributed by atoms with Gasteiger partial charge in [0.2, 0.25) is 0 Å². The van der Waals surface area contributed by atoms with Crippen LogP contribution in [0.3, 0.4) is 0 Å². The van der Waals surface area contributed by atoms with Crippen LogP contribution >= 0.6 is 0 Å². The summed E-state index contributed by atoms with van der Waals surface area (Å²) in [5, 5.41) is 8.27. The van der Waals surface area contributed by atoms with E-state index in [-0.39, 0.29) is 0 Å². The van der Waals surface area contributed by atoms with Gasteiger partial charge in [-0.1, -0.05) is 13.8 Å². The molecule has 0 bridgehead atoms. The molecule has 0 saturated carbocycles. The Bertz CT molecular complexity index is 410. The lowest BCUT2D eigenvalue weighted by atomic mass is 9.98. The molecule has 0 radical (unpaired) electrons. The molecule has 1 aliphatic rings. The Morgan fingerprint density at radius 2 is 2.29 bits per heavy atom. The first kappa shape index (κ1) is 16.5. The van der Waals surface area contributed by atoms with Crippen molar-refractivity contribution in [2.45, 2.75) is 70.9 Å². The van der Waals surface area contributed by atoms with Gasteiger partial charge < -0.3 is 10.1 Å². The van der Waals surface area contributed by atoms with Crippen LogP contribution in [-0.4, -0.2) is 35.1 Å². The molecule has 120 valence electrons. The van der Waals surface area contributed by atoms with Crippen LogP contribution in [0, 0.1) is 0 Å². The van der Waals surface area contributed by atoms with Crippen molar-refractivity contribution in [1.29, 1.82) is 0 Å². The third kappa shape index (κ3) is 5.11. The molecular formula is C17H31N3O. The fourth-order valence-corrected chi connectivity index (χ4v) is 3.09. The van der Waals surface area contributed by atoms with Crippen molar-refractivity contribution in [3.8, 4) is 0 Å². The van der Waals surface area contributed by atoms with E-state index >= 15 is 0 Å². The Hall–Kier alpha value is -0.870. The highest BCUT2D eigenvalue weighted by Gasteiger charge is 2.20. The number of nitrogens with one attached hydrogen (secondary N) is 1. The molecule has 2 unspecified atom stereocenters. The van der Waals surface area contributed by atoms with Crippen molar-refractivity contribution in [2.24, 2.45) is 7.05 Å². The minimum atomic E-state index is 0.437. The molecule has 2 atom stereocenters. The zero-order chi connectivity index (χ0) is 15.1. The molecule has 1 N–H and O–H groups in total. The van der Waals surface area contributed by atoms with Crippen LogP contribution in [0.5, 0.6) is 0 Å². The quantitative estimate of drug-likeness (QED) is 0.801. The van der Waals surface area contributed by atoms with Crippen molar-refractivity contribution in [1.82, 2.24) is 15.1 Å². The van der Waals surface area contributed by atoms with Gasteiger partial charge in [0.25, 0.3) is 0 Å². The fraction of sp³-hybridized carbons (Fsp3) is 0.824. The monoisotopic (exact) mass is 293 g/mol. The Morgan fingerprint density at radius 1 is 1.43 bits per heavy atom. The normalized spacial score (nSPS) is 20.6. The second-order valence-electron chi connectivity index (χ2n) is 6.18. The smallest absolute Gasteiger partial charge is 0.0624 e. The van der Waals surface area contributed by atoms with Gasteiger partial charge in [-0.15, -0.1) is 0 Å². The summed E-state index contributed by atoms with van der Waals surface area (Å²) in [4.78, 5) is 0. The van der Waals surface area contributed by atoms with Crippen molar-refractivity contribution in [2.75, 3.05) is 13.2 Å². The first-order valence-electron chi connectivity index (χ1n) is 8.59. The first-order valence-corrected chi connectivity index (χ1v) is 8.59. The molecule has 2 heterocycles. The maximum atomic E-state index is 5.92. The van der Waals surface area contributed by atoms with E-state index < -0.39 is 0 Å². The summed E-state index contributed by atoms with van der Waals surface area (Å²) in [6.45, 7) is 6.40. The van der Waals surface area contributed by atoms with Gasteiger partial charge >= 0.3 is 0 Å². The number of aryl methyl sites for hydroxylation is 2. The molecule has 1 fully saturated rings. The highest BCUT2D eigenvalue weighted by molar-refractivity contribution is 5.11. The highest BCUT2D eigenvalue weighted by Crippen LogP contribution is 2.19. The zero-order valence-corrected chi connectivity index (χ0v) is 13.9. The molecule has 0 spiro atoms. The number of rotatable bonds is 8. The third-order valence-corrected chi connectivity index (χ3v) is 4.35. The van der Waals surface area contributed by atoms with Crippen LogP contribution in [0.15, 0.2) is 6.07 Å². The molecule has 0 aromatic carbocycles. The van der Waals surface area contributed by atoms with Crippen LogP contribution in [0.2, 0.25) is 0 Å². The van der Waals surface area contributed by atoms with E-state index in [1.807, 2.05) is 4.68 Å². The summed E-state index contributed by atoms with van der Waals surface area (Å²) in [5.74, 6) is 0. The van der Waals surface area contributed by atoms with Crippen molar-refractivity contribution < 1.29 is 4.74 Å². The second kappa shape index (κ2) is 8.54. The number of aromatic nitrogens is 2. The maximum absolute atomic E-state index is 5.92. The molecule has 0 aliphatic carbocycles. The van der Waals surface area contributed by atoms with Gasteiger partial charge in [-0.2, -0.15) is 5.10 Å². The number of nitrogens with zero attached hydrogens (tertiary/aromatic N) is 2. The molecule has 1 aliphatic heterocycles. The zero-order valence-electron chi connectivity index (χ0n) is 13.9. The second-order valence-corrected chi connectivity index (χ2v) is 6.18. The van der Waals surface area contributed by atoms with Gasteiger partial charge in [-0.3, -0.25) is 4.68 Å². The summed E-state index contributed by atoms with van der Waals surface area (Å²) < 4.78 is 7.96. The summed E-state index contributed by atoms with van der Waals surface area (Å²) in [6, 6.07) is 2.75. The Balaban J connectivity index is 1.95. The Labute approximate surface area is 129 Å². The third-order valence-electron chi connectivity index (χ3n) is 4.35. The number of hydrogen-bond donors (Lipinski definition) is 1. The average molecular weight is 293 g/mol. The molecule has 4 nitrogen and oxygen atoms in total. The van der Waals surface area contributed by atoms with Crippen LogP contribution in [0.1, 0.15) is 57.3 Å². The maximum Gasteiger partial charge on any atom is 0.0624 e. The largest absolute Gasteiger partial charge is 0.378 e. The number of ether oxygens (including phenoxy) is 1. The molecule has 2 rings (SSSR count). The SMILES string of the molecule is CCCNC(Cc1cc(CC)nn1C)CC1CCCCO1. The van der Waals surface area contributed by atoms with Crippen LogP contribution in [-0.2, 0) is 24.6 Å². The first-order chi connectivity index (χ1) is 10.2. The lowest BCUT2D eigenvalue weighted by Gasteiger charge is -2.27. The predicted molar refractivity (Wildman–Crippen MR) is 86.6 cm³/mol. The van der Waals surface area contributed by atoms with Crippen molar-refractivity contribution in [3.05, 3.63) is 17.5 Å². The Morgan fingerprint density at radius 3 is 2.90 bits per heavy atom. The lowest BCUT2D eigenvalue weighted by Crippen LogP contribution is -2.37. The summed E-state index contributed by atoms with van der Waals surface area (Å²) in [5.41, 5.74) is 2.52. The average Bonchev–Trinajstić information content (AvgIpc) is 2.86. The molecule has 1 aromatic heterocycles. The molecular weight excluding hydrogens is 262 g/mol. The van der Waals surface area contributed by atoms with Crippen LogP contribution < -0.4 is 5.32 Å². The summed E-state index contributed by atoms with van der Waals surface area (Å²) >= 11 is 0. The highest BCUT2D eigenvalue weighted by atomic mass is 16.5. The Kier molecular flexibility index (Phi) is 6.71. The van der Waals surface area contributed by atoms with Crippen molar-refractivity contribution >= 4 is 0 Å². The minimum Gasteiger partial charge on any atom is -0.378 e. The van der Waals surface area contributed by atoms with E-state index in [0.717, 1.165) is 32.4 Å². The van der Waals surface area contributed by atoms with E-state index in [1.54, 1.807) is 0 Å². The van der Waals surface area contributed by atoms with Gasteiger partial charge in [-0.25, -0.2) is 0 Å². The standard InChI is InChI=1S/C17H31N3O/c1-4-9-18-15(13-17-8-6-7-10-21-17)12-16-11-14(5-2)19-20(16)3/h11,15,17-18H,4-10,12-13H2,1-3H3. The van der Waals surface area contributed by atoms with Crippen molar-refractivity contribution in [3.63, 3.8) is 0 Å².